The van der Waals surface area contributed by atoms with E-state index in [0.29, 0.717) is 24.3 Å². The van der Waals surface area contributed by atoms with E-state index in [4.69, 9.17) is 0 Å². The summed E-state index contributed by atoms with van der Waals surface area (Å²) in [5.74, 6) is -0.181. The Labute approximate surface area is 176 Å². The standard InChI is InChI=1S/C24H22N2O3S/c1-17-10-11-22-21(14-17)20-8-4-5-9-23(20)30(28,29)26(22)16-24(27)25-13-12-18-6-2-3-7-19(18)15-25/h2-11,14H,12-13,15-16H2,1H3. The maximum atomic E-state index is 13.4. The average molecular weight is 419 g/mol. The van der Waals surface area contributed by atoms with Gasteiger partial charge in [-0.05, 0) is 42.7 Å². The molecular weight excluding hydrogens is 396 g/mol. The zero-order valence-corrected chi connectivity index (χ0v) is 17.5. The number of amides is 1. The SMILES string of the molecule is Cc1ccc2c(c1)-c1ccccc1S(=O)(=O)N2CC(=O)N1CCc2ccccc2C1. The van der Waals surface area contributed by atoms with Crippen molar-refractivity contribution in [2.75, 3.05) is 17.4 Å². The Bertz CT molecular complexity index is 1270. The van der Waals surface area contributed by atoms with Crippen LogP contribution < -0.4 is 4.31 Å². The van der Waals surface area contributed by atoms with Gasteiger partial charge in [-0.1, -0.05) is 54.1 Å². The van der Waals surface area contributed by atoms with Crippen molar-refractivity contribution in [2.24, 2.45) is 0 Å². The van der Waals surface area contributed by atoms with Crippen LogP contribution in [0.5, 0.6) is 0 Å². The minimum Gasteiger partial charge on any atom is -0.336 e. The third kappa shape index (κ3) is 2.99. The van der Waals surface area contributed by atoms with Gasteiger partial charge < -0.3 is 4.90 Å². The lowest BCUT2D eigenvalue weighted by molar-refractivity contribution is -0.130. The van der Waals surface area contributed by atoms with Crippen molar-refractivity contribution in [2.45, 2.75) is 24.8 Å². The quantitative estimate of drug-likeness (QED) is 0.637. The van der Waals surface area contributed by atoms with Gasteiger partial charge in [-0.25, -0.2) is 8.42 Å². The van der Waals surface area contributed by atoms with Gasteiger partial charge in [0, 0.05) is 24.2 Å². The van der Waals surface area contributed by atoms with E-state index in [1.807, 2.05) is 49.4 Å². The van der Waals surface area contributed by atoms with Crippen molar-refractivity contribution in [3.8, 4) is 11.1 Å². The minimum absolute atomic E-state index is 0.181. The largest absolute Gasteiger partial charge is 0.336 e. The van der Waals surface area contributed by atoms with Crippen molar-refractivity contribution >= 4 is 21.6 Å². The van der Waals surface area contributed by atoms with Crippen molar-refractivity contribution in [3.63, 3.8) is 0 Å². The number of aryl methyl sites for hydroxylation is 1. The molecule has 0 bridgehead atoms. The molecule has 0 N–H and O–H groups in total. The minimum atomic E-state index is -3.82. The molecule has 3 aromatic carbocycles. The first-order valence-corrected chi connectivity index (χ1v) is 11.5. The van der Waals surface area contributed by atoms with Crippen LogP contribution in [0.1, 0.15) is 16.7 Å². The van der Waals surface area contributed by atoms with Crippen LogP contribution in [-0.2, 0) is 27.8 Å². The van der Waals surface area contributed by atoms with Crippen LogP contribution in [0.15, 0.2) is 71.6 Å². The molecule has 3 aromatic rings. The van der Waals surface area contributed by atoms with Gasteiger partial charge in [0.1, 0.15) is 6.54 Å². The first-order chi connectivity index (χ1) is 14.4. The molecule has 5 rings (SSSR count). The van der Waals surface area contributed by atoms with Gasteiger partial charge in [0.05, 0.1) is 10.6 Å². The first kappa shape index (κ1) is 18.9. The van der Waals surface area contributed by atoms with Crippen LogP contribution in [0, 0.1) is 6.92 Å². The monoisotopic (exact) mass is 418 g/mol. The van der Waals surface area contributed by atoms with Gasteiger partial charge >= 0.3 is 0 Å². The number of carbonyl (C=O) groups excluding carboxylic acids is 1. The lowest BCUT2D eigenvalue weighted by Gasteiger charge is -2.35. The highest BCUT2D eigenvalue weighted by Gasteiger charge is 2.37. The number of sulfonamides is 1. The van der Waals surface area contributed by atoms with Gasteiger partial charge in [0.2, 0.25) is 5.91 Å². The fourth-order valence-electron chi connectivity index (χ4n) is 4.35. The van der Waals surface area contributed by atoms with E-state index < -0.39 is 10.0 Å². The van der Waals surface area contributed by atoms with E-state index in [1.165, 1.54) is 9.87 Å². The molecule has 0 saturated carbocycles. The van der Waals surface area contributed by atoms with Crippen LogP contribution >= 0.6 is 0 Å². The van der Waals surface area contributed by atoms with Gasteiger partial charge in [0.25, 0.3) is 10.0 Å². The number of hydrogen-bond acceptors (Lipinski definition) is 3. The highest BCUT2D eigenvalue weighted by molar-refractivity contribution is 7.93. The number of fused-ring (bicyclic) bond motifs is 4. The summed E-state index contributed by atoms with van der Waals surface area (Å²) in [4.78, 5) is 15.2. The van der Waals surface area contributed by atoms with Crippen molar-refractivity contribution in [1.82, 2.24) is 4.90 Å². The molecule has 152 valence electrons. The van der Waals surface area contributed by atoms with Crippen molar-refractivity contribution < 1.29 is 13.2 Å². The second-order valence-electron chi connectivity index (χ2n) is 7.86. The summed E-state index contributed by atoms with van der Waals surface area (Å²) in [6.45, 7) is 2.89. The number of hydrogen-bond donors (Lipinski definition) is 0. The molecule has 1 amide bonds. The summed E-state index contributed by atoms with van der Waals surface area (Å²) in [5, 5.41) is 0. The third-order valence-corrected chi connectivity index (χ3v) is 7.75. The fourth-order valence-corrected chi connectivity index (χ4v) is 5.99. The van der Waals surface area contributed by atoms with E-state index >= 15 is 0 Å². The van der Waals surface area contributed by atoms with Crippen LogP contribution in [0.2, 0.25) is 0 Å². The Morgan fingerprint density at radius 1 is 0.933 bits per heavy atom. The van der Waals surface area contributed by atoms with Gasteiger partial charge in [-0.15, -0.1) is 0 Å². The zero-order valence-electron chi connectivity index (χ0n) is 16.7. The Kier molecular flexibility index (Phi) is 4.40. The van der Waals surface area contributed by atoms with Crippen molar-refractivity contribution in [1.29, 1.82) is 0 Å². The molecule has 0 atom stereocenters. The Morgan fingerprint density at radius 3 is 2.50 bits per heavy atom. The molecule has 30 heavy (non-hydrogen) atoms. The molecule has 0 fully saturated rings. The van der Waals surface area contributed by atoms with Crippen molar-refractivity contribution in [3.05, 3.63) is 83.4 Å². The number of carbonyl (C=O) groups is 1. The Morgan fingerprint density at radius 2 is 1.67 bits per heavy atom. The summed E-state index contributed by atoms with van der Waals surface area (Å²) < 4.78 is 28.1. The molecule has 0 aromatic heterocycles. The second kappa shape index (κ2) is 6.99. The summed E-state index contributed by atoms with van der Waals surface area (Å²) >= 11 is 0. The molecule has 0 unspecified atom stereocenters. The van der Waals surface area contributed by atoms with Crippen LogP contribution in [0.25, 0.3) is 11.1 Å². The topological polar surface area (TPSA) is 57.7 Å². The lowest BCUT2D eigenvalue weighted by Crippen LogP contribution is -2.45. The summed E-state index contributed by atoms with van der Waals surface area (Å²) in [7, 11) is -3.82. The van der Waals surface area contributed by atoms with Crippen LogP contribution in [-0.4, -0.2) is 32.3 Å². The third-order valence-electron chi connectivity index (χ3n) is 5.93. The van der Waals surface area contributed by atoms with Gasteiger partial charge in [-0.2, -0.15) is 0 Å². The van der Waals surface area contributed by atoms with E-state index in [1.54, 1.807) is 23.1 Å². The van der Waals surface area contributed by atoms with E-state index in [-0.39, 0.29) is 17.3 Å². The number of anilines is 1. The molecule has 2 aliphatic heterocycles. The molecule has 6 heteroatoms. The summed E-state index contributed by atoms with van der Waals surface area (Å²) in [5.41, 5.74) is 5.51. The number of rotatable bonds is 2. The molecule has 0 saturated heterocycles. The summed E-state index contributed by atoms with van der Waals surface area (Å²) in [6.07, 6.45) is 0.785. The van der Waals surface area contributed by atoms with E-state index in [2.05, 4.69) is 6.07 Å². The number of nitrogens with zero attached hydrogens (tertiary/aromatic N) is 2. The zero-order chi connectivity index (χ0) is 20.9. The smallest absolute Gasteiger partial charge is 0.265 e. The molecule has 0 spiro atoms. The molecule has 2 heterocycles. The van der Waals surface area contributed by atoms with Gasteiger partial charge in [0.15, 0.2) is 0 Å². The first-order valence-electron chi connectivity index (χ1n) is 10.0. The van der Waals surface area contributed by atoms with Crippen LogP contribution in [0.3, 0.4) is 0 Å². The fraction of sp³-hybridized carbons (Fsp3) is 0.208. The second-order valence-corrected chi connectivity index (χ2v) is 9.69. The Hall–Kier alpha value is -3.12. The molecule has 2 aliphatic rings. The van der Waals surface area contributed by atoms with E-state index in [0.717, 1.165) is 23.1 Å². The predicted octanol–water partition coefficient (Wildman–Crippen LogP) is 3.76. The molecule has 0 aliphatic carbocycles. The predicted molar refractivity (Wildman–Crippen MR) is 117 cm³/mol. The highest BCUT2D eigenvalue weighted by Crippen LogP contribution is 2.43. The molecule has 0 radical (unpaired) electrons. The number of benzene rings is 3. The maximum Gasteiger partial charge on any atom is 0.265 e. The average Bonchev–Trinajstić information content (AvgIpc) is 2.76. The normalized spacial score (nSPS) is 16.4. The summed E-state index contributed by atoms with van der Waals surface area (Å²) in [6, 6.07) is 20.8. The van der Waals surface area contributed by atoms with E-state index in [9.17, 15) is 13.2 Å². The maximum absolute atomic E-state index is 13.4. The van der Waals surface area contributed by atoms with Gasteiger partial charge in [-0.3, -0.25) is 9.10 Å². The molecular formula is C24H22N2O3S. The lowest BCUT2D eigenvalue weighted by atomic mass is 9.99. The Balaban J connectivity index is 1.51. The van der Waals surface area contributed by atoms with Crippen LogP contribution in [0.4, 0.5) is 5.69 Å². The molecule has 5 nitrogen and oxygen atoms in total. The highest BCUT2D eigenvalue weighted by atomic mass is 32.2.